The van der Waals surface area contributed by atoms with Crippen molar-refractivity contribution in [1.82, 2.24) is 0 Å². The van der Waals surface area contributed by atoms with E-state index in [1.54, 1.807) is 12.1 Å². The zero-order valence-electron chi connectivity index (χ0n) is 10.4. The van der Waals surface area contributed by atoms with Gasteiger partial charge in [0.25, 0.3) is 0 Å². The molecule has 0 saturated heterocycles. The van der Waals surface area contributed by atoms with Gasteiger partial charge in [-0.1, -0.05) is 23.7 Å². The van der Waals surface area contributed by atoms with E-state index in [2.05, 4.69) is 5.32 Å². The molecule has 2 rings (SSSR count). The van der Waals surface area contributed by atoms with Crippen LogP contribution in [0.2, 0.25) is 5.02 Å². The minimum Gasteiger partial charge on any atom is -0.397 e. The summed E-state index contributed by atoms with van der Waals surface area (Å²) in [6.07, 6.45) is 0. The highest BCUT2D eigenvalue weighted by Gasteiger charge is 2.07. The van der Waals surface area contributed by atoms with Crippen molar-refractivity contribution in [2.24, 2.45) is 5.73 Å². The minimum absolute atomic E-state index is 0.374. The third-order valence-electron chi connectivity index (χ3n) is 2.80. The molecule has 0 atom stereocenters. The zero-order chi connectivity index (χ0) is 14.0. The number of primary amides is 1. The average Bonchev–Trinajstić information content (AvgIpc) is 2.37. The first-order valence-corrected chi connectivity index (χ1v) is 6.08. The topological polar surface area (TPSA) is 81.1 Å². The fourth-order valence-electron chi connectivity index (χ4n) is 1.72. The summed E-state index contributed by atoms with van der Waals surface area (Å²) in [7, 11) is 0. The first-order chi connectivity index (χ1) is 8.99. The summed E-state index contributed by atoms with van der Waals surface area (Å²) in [5.41, 5.74) is 14.3. The van der Waals surface area contributed by atoms with Gasteiger partial charge in [0.15, 0.2) is 0 Å². The smallest absolute Gasteiger partial charge is 0.248 e. The van der Waals surface area contributed by atoms with Gasteiger partial charge in [-0.25, -0.2) is 0 Å². The molecule has 5 N–H and O–H groups in total. The lowest BCUT2D eigenvalue weighted by Gasteiger charge is -2.12. The molecule has 4 nitrogen and oxygen atoms in total. The maximum absolute atomic E-state index is 11.0. The number of benzene rings is 2. The van der Waals surface area contributed by atoms with Crippen molar-refractivity contribution in [2.75, 3.05) is 11.1 Å². The molecule has 2 aromatic rings. The predicted molar refractivity (Wildman–Crippen MR) is 78.8 cm³/mol. The largest absolute Gasteiger partial charge is 0.397 e. The summed E-state index contributed by atoms with van der Waals surface area (Å²) < 4.78 is 0. The van der Waals surface area contributed by atoms with Gasteiger partial charge in [-0.2, -0.15) is 0 Å². The fraction of sp³-hybridized carbons (Fsp3) is 0.0714. The minimum atomic E-state index is -0.508. The van der Waals surface area contributed by atoms with E-state index >= 15 is 0 Å². The number of rotatable bonds is 3. The molecular formula is C14H14ClN3O. The van der Waals surface area contributed by atoms with Gasteiger partial charge in [-0.05, 0) is 36.8 Å². The molecule has 0 unspecified atom stereocenters. The number of hydrogen-bond donors (Lipinski definition) is 3. The van der Waals surface area contributed by atoms with Crippen molar-refractivity contribution in [1.29, 1.82) is 0 Å². The number of nitrogen functional groups attached to an aromatic ring is 1. The van der Waals surface area contributed by atoms with Crippen LogP contribution in [-0.2, 0) is 0 Å². The van der Waals surface area contributed by atoms with Crippen LogP contribution in [0.1, 0.15) is 15.9 Å². The molecule has 2 aromatic carbocycles. The Hall–Kier alpha value is -2.20. The van der Waals surface area contributed by atoms with Crippen LogP contribution in [-0.4, -0.2) is 5.91 Å². The van der Waals surface area contributed by atoms with E-state index in [1.807, 2.05) is 25.1 Å². The highest BCUT2D eigenvalue weighted by Crippen LogP contribution is 2.30. The number of carbonyl (C=O) groups is 1. The Morgan fingerprint density at radius 2 is 1.95 bits per heavy atom. The van der Waals surface area contributed by atoms with E-state index < -0.39 is 5.91 Å². The van der Waals surface area contributed by atoms with Gasteiger partial charge in [0, 0.05) is 5.56 Å². The molecule has 0 bridgehead atoms. The summed E-state index contributed by atoms with van der Waals surface area (Å²) in [6, 6.07) is 10.5. The number of hydrogen-bond acceptors (Lipinski definition) is 3. The number of nitrogens with one attached hydrogen (secondary N) is 1. The van der Waals surface area contributed by atoms with Crippen LogP contribution >= 0.6 is 11.6 Å². The van der Waals surface area contributed by atoms with Crippen molar-refractivity contribution in [2.45, 2.75) is 6.92 Å². The second kappa shape index (κ2) is 5.20. The van der Waals surface area contributed by atoms with E-state index in [1.165, 1.54) is 6.07 Å². The van der Waals surface area contributed by atoms with Crippen LogP contribution in [0, 0.1) is 6.92 Å². The van der Waals surface area contributed by atoms with Crippen molar-refractivity contribution < 1.29 is 4.79 Å². The van der Waals surface area contributed by atoms with Gasteiger partial charge in [-0.3, -0.25) is 4.79 Å². The summed E-state index contributed by atoms with van der Waals surface area (Å²) in [5, 5.41) is 3.78. The zero-order valence-corrected chi connectivity index (χ0v) is 11.2. The maximum atomic E-state index is 11.0. The van der Waals surface area contributed by atoms with Crippen molar-refractivity contribution in [3.63, 3.8) is 0 Å². The van der Waals surface area contributed by atoms with E-state index in [-0.39, 0.29) is 0 Å². The van der Waals surface area contributed by atoms with E-state index in [0.717, 1.165) is 11.3 Å². The Bertz CT molecular complexity index is 641. The fourth-order valence-corrected chi connectivity index (χ4v) is 1.89. The lowest BCUT2D eigenvalue weighted by molar-refractivity contribution is 0.100. The van der Waals surface area contributed by atoms with Gasteiger partial charge in [0.2, 0.25) is 5.91 Å². The number of carbonyl (C=O) groups excluding carboxylic acids is 1. The lowest BCUT2D eigenvalue weighted by atomic mass is 10.1. The summed E-state index contributed by atoms with van der Waals surface area (Å²) in [4.78, 5) is 11.0. The normalized spacial score (nSPS) is 10.2. The number of halogens is 1. The van der Waals surface area contributed by atoms with Crippen LogP contribution < -0.4 is 16.8 Å². The van der Waals surface area contributed by atoms with Crippen LogP contribution in [0.3, 0.4) is 0 Å². The van der Waals surface area contributed by atoms with Crippen LogP contribution in [0.25, 0.3) is 0 Å². The predicted octanol–water partition coefficient (Wildman–Crippen LogP) is 3.07. The number of aryl methyl sites for hydroxylation is 1. The molecule has 19 heavy (non-hydrogen) atoms. The van der Waals surface area contributed by atoms with Crippen molar-refractivity contribution >= 4 is 34.6 Å². The van der Waals surface area contributed by atoms with Gasteiger partial charge >= 0.3 is 0 Å². The Balaban J connectivity index is 2.34. The highest BCUT2D eigenvalue weighted by atomic mass is 35.5. The van der Waals surface area contributed by atoms with Crippen LogP contribution in [0.4, 0.5) is 17.1 Å². The van der Waals surface area contributed by atoms with Gasteiger partial charge in [-0.15, -0.1) is 0 Å². The first-order valence-electron chi connectivity index (χ1n) is 5.70. The molecule has 0 heterocycles. The second-order valence-electron chi connectivity index (χ2n) is 4.23. The lowest BCUT2D eigenvalue weighted by Crippen LogP contribution is -2.11. The molecule has 0 aliphatic rings. The van der Waals surface area contributed by atoms with Crippen LogP contribution in [0.5, 0.6) is 0 Å². The summed E-state index contributed by atoms with van der Waals surface area (Å²) >= 11 is 6.20. The molecule has 0 saturated carbocycles. The third kappa shape index (κ3) is 2.80. The molecule has 0 aliphatic heterocycles. The standard InChI is InChI=1S/C14H14ClN3O/c1-8-3-2-4-12(13(8)15)18-11-6-5-9(14(17)19)7-10(11)16/h2-7,18H,16H2,1H3,(H2,17,19). The van der Waals surface area contributed by atoms with E-state index in [0.29, 0.717) is 22.0 Å². The van der Waals surface area contributed by atoms with E-state index in [9.17, 15) is 4.79 Å². The van der Waals surface area contributed by atoms with Gasteiger partial charge in [0.05, 0.1) is 22.1 Å². The summed E-state index contributed by atoms with van der Waals surface area (Å²) in [5.74, 6) is -0.508. The van der Waals surface area contributed by atoms with Gasteiger partial charge in [0.1, 0.15) is 0 Å². The maximum Gasteiger partial charge on any atom is 0.248 e. The molecule has 0 aliphatic carbocycles. The highest BCUT2D eigenvalue weighted by molar-refractivity contribution is 6.34. The number of nitrogens with two attached hydrogens (primary N) is 2. The van der Waals surface area contributed by atoms with Crippen molar-refractivity contribution in [3.8, 4) is 0 Å². The second-order valence-corrected chi connectivity index (χ2v) is 4.61. The van der Waals surface area contributed by atoms with Crippen molar-refractivity contribution in [3.05, 3.63) is 52.5 Å². The van der Waals surface area contributed by atoms with Gasteiger partial charge < -0.3 is 16.8 Å². The molecule has 0 aromatic heterocycles. The first kappa shape index (κ1) is 13.2. The third-order valence-corrected chi connectivity index (χ3v) is 3.30. The molecule has 5 heteroatoms. The monoisotopic (exact) mass is 275 g/mol. The molecule has 0 radical (unpaired) electrons. The Labute approximate surface area is 116 Å². The number of anilines is 3. The summed E-state index contributed by atoms with van der Waals surface area (Å²) in [6.45, 7) is 1.92. The Morgan fingerprint density at radius 1 is 1.21 bits per heavy atom. The molecule has 1 amide bonds. The number of amides is 1. The molecule has 98 valence electrons. The van der Waals surface area contributed by atoms with Crippen LogP contribution in [0.15, 0.2) is 36.4 Å². The average molecular weight is 276 g/mol. The Morgan fingerprint density at radius 3 is 2.58 bits per heavy atom. The Kier molecular flexibility index (Phi) is 3.62. The quantitative estimate of drug-likeness (QED) is 0.753. The molecule has 0 spiro atoms. The van der Waals surface area contributed by atoms with E-state index in [4.69, 9.17) is 23.1 Å². The molecule has 0 fully saturated rings. The SMILES string of the molecule is Cc1cccc(Nc2ccc(C(N)=O)cc2N)c1Cl. The molecular weight excluding hydrogens is 262 g/mol.